The summed E-state index contributed by atoms with van der Waals surface area (Å²) in [7, 11) is 0. The zero-order chi connectivity index (χ0) is 17.4. The predicted molar refractivity (Wildman–Crippen MR) is 90.3 cm³/mol. The Kier molecular flexibility index (Phi) is 3.91. The third kappa shape index (κ3) is 2.75. The fourth-order valence-corrected chi connectivity index (χ4v) is 3.80. The summed E-state index contributed by atoms with van der Waals surface area (Å²) >= 11 is 0. The number of fused-ring (bicyclic) bond motifs is 1. The molecule has 2 aromatic rings. The van der Waals surface area contributed by atoms with Crippen LogP contribution in [0, 0.1) is 0 Å². The quantitative estimate of drug-likeness (QED) is 0.881. The van der Waals surface area contributed by atoms with Gasteiger partial charge in [0.25, 0.3) is 5.91 Å². The number of amides is 2. The van der Waals surface area contributed by atoms with Gasteiger partial charge in [0.05, 0.1) is 17.5 Å². The van der Waals surface area contributed by atoms with Crippen LogP contribution in [0.3, 0.4) is 0 Å². The molecule has 2 atom stereocenters. The number of piperidine rings is 1. The van der Waals surface area contributed by atoms with Crippen molar-refractivity contribution in [1.29, 1.82) is 0 Å². The van der Waals surface area contributed by atoms with E-state index in [1.54, 1.807) is 0 Å². The SMILES string of the molecule is NC(=O)c1cn[nH]c1C1CCCN(C(=O)C2COc3ccccc32)C1. The number of hydrogen-bond donors (Lipinski definition) is 2. The van der Waals surface area contributed by atoms with Gasteiger partial charge in [0.2, 0.25) is 5.91 Å². The Balaban J connectivity index is 1.53. The van der Waals surface area contributed by atoms with Crippen LogP contribution in [0.4, 0.5) is 0 Å². The van der Waals surface area contributed by atoms with E-state index >= 15 is 0 Å². The smallest absolute Gasteiger partial charge is 0.252 e. The summed E-state index contributed by atoms with van der Waals surface area (Å²) in [5, 5.41) is 6.83. The minimum atomic E-state index is -0.495. The number of H-pyrrole nitrogens is 1. The van der Waals surface area contributed by atoms with E-state index in [0.717, 1.165) is 29.8 Å². The van der Waals surface area contributed by atoms with Crippen molar-refractivity contribution in [3.05, 3.63) is 47.3 Å². The second kappa shape index (κ2) is 6.23. The molecular formula is C18H20N4O3. The molecule has 1 aromatic heterocycles. The summed E-state index contributed by atoms with van der Waals surface area (Å²) < 4.78 is 5.65. The Morgan fingerprint density at radius 3 is 3.00 bits per heavy atom. The van der Waals surface area contributed by atoms with Crippen LogP contribution in [0.25, 0.3) is 0 Å². The van der Waals surface area contributed by atoms with E-state index < -0.39 is 5.91 Å². The molecule has 2 unspecified atom stereocenters. The molecule has 0 bridgehead atoms. The molecule has 0 spiro atoms. The van der Waals surface area contributed by atoms with Gasteiger partial charge in [-0.05, 0) is 18.9 Å². The van der Waals surface area contributed by atoms with Gasteiger partial charge < -0.3 is 15.4 Å². The van der Waals surface area contributed by atoms with Gasteiger partial charge in [-0.25, -0.2) is 0 Å². The lowest BCUT2D eigenvalue weighted by molar-refractivity contribution is -0.134. The first-order valence-corrected chi connectivity index (χ1v) is 8.48. The van der Waals surface area contributed by atoms with Crippen LogP contribution < -0.4 is 10.5 Å². The van der Waals surface area contributed by atoms with E-state index in [-0.39, 0.29) is 17.7 Å². The molecule has 1 saturated heterocycles. The van der Waals surface area contributed by atoms with Crippen molar-refractivity contribution >= 4 is 11.8 Å². The van der Waals surface area contributed by atoms with E-state index in [1.165, 1.54) is 6.20 Å². The van der Waals surface area contributed by atoms with Gasteiger partial charge in [0.15, 0.2) is 0 Å². The standard InChI is InChI=1S/C18H20N4O3/c19-17(23)13-8-20-21-16(13)11-4-3-7-22(9-11)18(24)14-10-25-15-6-2-1-5-12(14)15/h1-2,5-6,8,11,14H,3-4,7,9-10H2,(H2,19,23)(H,20,21). The van der Waals surface area contributed by atoms with Crippen LogP contribution in [0.2, 0.25) is 0 Å². The van der Waals surface area contributed by atoms with Crippen LogP contribution in [0.1, 0.15) is 46.3 Å². The van der Waals surface area contributed by atoms with Crippen molar-refractivity contribution in [2.45, 2.75) is 24.7 Å². The molecule has 25 heavy (non-hydrogen) atoms. The maximum atomic E-state index is 13.0. The minimum absolute atomic E-state index is 0.0419. The van der Waals surface area contributed by atoms with E-state index in [0.29, 0.717) is 25.3 Å². The Morgan fingerprint density at radius 2 is 2.16 bits per heavy atom. The highest BCUT2D eigenvalue weighted by molar-refractivity contribution is 5.94. The van der Waals surface area contributed by atoms with Gasteiger partial charge >= 0.3 is 0 Å². The summed E-state index contributed by atoms with van der Waals surface area (Å²) in [6, 6.07) is 7.68. The average molecular weight is 340 g/mol. The average Bonchev–Trinajstić information content (AvgIpc) is 3.28. The number of carbonyl (C=O) groups is 2. The number of aromatic amines is 1. The van der Waals surface area contributed by atoms with Gasteiger partial charge in [0.1, 0.15) is 18.3 Å². The fraction of sp³-hybridized carbons (Fsp3) is 0.389. The summed E-state index contributed by atoms with van der Waals surface area (Å²) in [6.07, 6.45) is 3.23. The molecule has 3 heterocycles. The number of benzene rings is 1. The first-order valence-electron chi connectivity index (χ1n) is 8.48. The molecule has 2 amide bonds. The topological polar surface area (TPSA) is 101 Å². The number of ether oxygens (including phenoxy) is 1. The highest BCUT2D eigenvalue weighted by atomic mass is 16.5. The minimum Gasteiger partial charge on any atom is -0.492 e. The van der Waals surface area contributed by atoms with Gasteiger partial charge in [-0.1, -0.05) is 18.2 Å². The Hall–Kier alpha value is -2.83. The number of nitrogens with two attached hydrogens (primary N) is 1. The Labute approximate surface area is 145 Å². The first-order chi connectivity index (χ1) is 12.1. The van der Waals surface area contributed by atoms with Gasteiger partial charge in [-0.15, -0.1) is 0 Å². The molecule has 3 N–H and O–H groups in total. The summed E-state index contributed by atoms with van der Waals surface area (Å²) in [5.74, 6) is 0.159. The number of nitrogens with one attached hydrogen (secondary N) is 1. The first kappa shape index (κ1) is 15.7. The molecule has 0 saturated carbocycles. The Bertz CT molecular complexity index is 816. The molecule has 1 aromatic carbocycles. The number of para-hydroxylation sites is 1. The van der Waals surface area contributed by atoms with Crippen LogP contribution in [-0.2, 0) is 4.79 Å². The molecule has 7 heteroatoms. The number of aromatic nitrogens is 2. The molecule has 1 fully saturated rings. The van der Waals surface area contributed by atoms with E-state index in [2.05, 4.69) is 10.2 Å². The summed E-state index contributed by atoms with van der Waals surface area (Å²) in [4.78, 5) is 26.4. The van der Waals surface area contributed by atoms with E-state index in [1.807, 2.05) is 29.2 Å². The van der Waals surface area contributed by atoms with Crippen molar-refractivity contribution in [1.82, 2.24) is 15.1 Å². The lowest BCUT2D eigenvalue weighted by Gasteiger charge is -2.34. The maximum absolute atomic E-state index is 13.0. The van der Waals surface area contributed by atoms with Crippen molar-refractivity contribution in [2.24, 2.45) is 5.73 Å². The lowest BCUT2D eigenvalue weighted by atomic mass is 9.91. The number of nitrogens with zero attached hydrogens (tertiary/aromatic N) is 2. The summed E-state index contributed by atoms with van der Waals surface area (Å²) in [6.45, 7) is 1.66. The normalized spacial score (nSPS) is 22.3. The predicted octanol–water partition coefficient (Wildman–Crippen LogP) is 1.39. The monoisotopic (exact) mass is 340 g/mol. The zero-order valence-electron chi connectivity index (χ0n) is 13.8. The number of rotatable bonds is 3. The number of primary amides is 1. The number of hydrogen-bond acceptors (Lipinski definition) is 4. The number of likely N-dealkylation sites (tertiary alicyclic amines) is 1. The van der Waals surface area contributed by atoms with Gasteiger partial charge in [-0.2, -0.15) is 5.10 Å². The molecule has 130 valence electrons. The molecule has 0 radical (unpaired) electrons. The molecule has 2 aliphatic heterocycles. The molecule has 4 rings (SSSR count). The Morgan fingerprint density at radius 1 is 1.32 bits per heavy atom. The van der Waals surface area contributed by atoms with Crippen LogP contribution in [0.15, 0.2) is 30.5 Å². The third-order valence-electron chi connectivity index (χ3n) is 5.07. The highest BCUT2D eigenvalue weighted by Crippen LogP contribution is 2.36. The molecule has 2 aliphatic rings. The molecule has 7 nitrogen and oxygen atoms in total. The van der Waals surface area contributed by atoms with Crippen molar-refractivity contribution < 1.29 is 14.3 Å². The maximum Gasteiger partial charge on any atom is 0.252 e. The zero-order valence-corrected chi connectivity index (χ0v) is 13.8. The molecular weight excluding hydrogens is 320 g/mol. The second-order valence-electron chi connectivity index (χ2n) is 6.59. The van der Waals surface area contributed by atoms with Crippen LogP contribution >= 0.6 is 0 Å². The van der Waals surface area contributed by atoms with Crippen molar-refractivity contribution in [3.63, 3.8) is 0 Å². The third-order valence-corrected chi connectivity index (χ3v) is 5.07. The van der Waals surface area contributed by atoms with Crippen molar-refractivity contribution in [2.75, 3.05) is 19.7 Å². The van der Waals surface area contributed by atoms with E-state index in [4.69, 9.17) is 10.5 Å². The molecule has 0 aliphatic carbocycles. The number of carbonyl (C=O) groups excluding carboxylic acids is 2. The van der Waals surface area contributed by atoms with Crippen LogP contribution in [0.5, 0.6) is 5.75 Å². The van der Waals surface area contributed by atoms with Crippen molar-refractivity contribution in [3.8, 4) is 5.75 Å². The second-order valence-corrected chi connectivity index (χ2v) is 6.59. The summed E-state index contributed by atoms with van der Waals surface area (Å²) in [5.41, 5.74) is 7.51. The van der Waals surface area contributed by atoms with Gasteiger partial charge in [-0.3, -0.25) is 14.7 Å². The largest absolute Gasteiger partial charge is 0.492 e. The van der Waals surface area contributed by atoms with E-state index in [9.17, 15) is 9.59 Å². The van der Waals surface area contributed by atoms with Crippen LogP contribution in [-0.4, -0.2) is 46.6 Å². The fourth-order valence-electron chi connectivity index (χ4n) is 3.80. The lowest BCUT2D eigenvalue weighted by Crippen LogP contribution is -2.42. The highest BCUT2D eigenvalue weighted by Gasteiger charge is 2.36. The van der Waals surface area contributed by atoms with Gasteiger partial charge in [0, 0.05) is 24.6 Å².